The number of pyridine rings is 1. The molecule has 1 N–H and O–H groups in total. The monoisotopic (exact) mass is 395 g/mol. The number of anilines is 1. The van der Waals surface area contributed by atoms with Crippen molar-refractivity contribution in [1.82, 2.24) is 4.98 Å². The van der Waals surface area contributed by atoms with Crippen LogP contribution in [0.1, 0.15) is 18.2 Å². The van der Waals surface area contributed by atoms with Crippen LogP contribution in [-0.2, 0) is 0 Å². The second kappa shape index (κ2) is 9.14. The van der Waals surface area contributed by atoms with Crippen LogP contribution in [0, 0.1) is 6.92 Å². The van der Waals surface area contributed by atoms with E-state index in [1.54, 1.807) is 33.6 Å². The van der Waals surface area contributed by atoms with Crippen LogP contribution in [0.25, 0.3) is 10.9 Å². The van der Waals surface area contributed by atoms with E-state index in [2.05, 4.69) is 15.5 Å². The number of nitrogens with one attached hydrogen (secondary N) is 1. The van der Waals surface area contributed by atoms with Crippen LogP contribution in [0.3, 0.4) is 0 Å². The van der Waals surface area contributed by atoms with E-state index in [9.17, 15) is 0 Å². The van der Waals surface area contributed by atoms with E-state index < -0.39 is 0 Å². The smallest absolute Gasteiger partial charge is 0.164 e. The summed E-state index contributed by atoms with van der Waals surface area (Å²) in [6.07, 6.45) is 1.68. The fourth-order valence-corrected chi connectivity index (χ4v) is 3.01. The van der Waals surface area contributed by atoms with Crippen molar-refractivity contribution in [3.05, 3.63) is 47.7 Å². The zero-order valence-corrected chi connectivity index (χ0v) is 17.3. The van der Waals surface area contributed by atoms with Gasteiger partial charge in [-0.2, -0.15) is 5.10 Å². The fraction of sp³-hybridized carbons (Fsp3) is 0.273. The number of rotatable bonds is 8. The predicted octanol–water partition coefficient (Wildman–Crippen LogP) is 4.41. The van der Waals surface area contributed by atoms with Crippen LogP contribution < -0.4 is 24.4 Å². The molecular weight excluding hydrogens is 370 g/mol. The number of aryl methyl sites for hydroxylation is 1. The Bertz CT molecular complexity index is 1030. The Labute approximate surface area is 170 Å². The van der Waals surface area contributed by atoms with Crippen LogP contribution in [0.15, 0.2) is 41.5 Å². The lowest BCUT2D eigenvalue weighted by atomic mass is 10.1. The molecule has 2 aromatic carbocycles. The summed E-state index contributed by atoms with van der Waals surface area (Å²) in [7, 11) is 4.77. The number of hydrazone groups is 1. The topological polar surface area (TPSA) is 74.2 Å². The molecular formula is C22H25N3O4. The molecule has 1 heterocycles. The van der Waals surface area contributed by atoms with Gasteiger partial charge in [0, 0.05) is 28.8 Å². The Morgan fingerprint density at radius 1 is 0.966 bits per heavy atom. The van der Waals surface area contributed by atoms with Crippen molar-refractivity contribution in [2.45, 2.75) is 13.8 Å². The zero-order chi connectivity index (χ0) is 20.8. The van der Waals surface area contributed by atoms with Crippen LogP contribution in [0.5, 0.6) is 23.0 Å². The molecule has 0 amide bonds. The van der Waals surface area contributed by atoms with Crippen molar-refractivity contribution in [2.24, 2.45) is 5.10 Å². The van der Waals surface area contributed by atoms with E-state index in [1.807, 2.05) is 44.2 Å². The average Bonchev–Trinajstić information content (AvgIpc) is 2.73. The molecule has 0 radical (unpaired) electrons. The molecule has 0 aliphatic heterocycles. The van der Waals surface area contributed by atoms with Gasteiger partial charge in [0.1, 0.15) is 11.5 Å². The Hall–Kier alpha value is -3.48. The van der Waals surface area contributed by atoms with Crippen molar-refractivity contribution in [1.29, 1.82) is 0 Å². The molecule has 0 unspecified atom stereocenters. The summed E-state index contributed by atoms with van der Waals surface area (Å²) in [5.74, 6) is 2.62. The van der Waals surface area contributed by atoms with Crippen LogP contribution in [-0.4, -0.2) is 39.1 Å². The number of fused-ring (bicyclic) bond motifs is 1. The summed E-state index contributed by atoms with van der Waals surface area (Å²) in [5, 5.41) is 5.35. The van der Waals surface area contributed by atoms with Crippen LogP contribution in [0.2, 0.25) is 0 Å². The predicted molar refractivity (Wildman–Crippen MR) is 115 cm³/mol. The standard InChI is InChI=1S/C22H25N3O4/c1-6-29-16-7-8-17-18(11-16)24-14(2)9-19(17)25-23-13-15-10-21(27-4)22(28-5)12-20(15)26-3/h7-13H,6H2,1-5H3,(H,24,25). The number of benzene rings is 2. The quantitative estimate of drug-likeness (QED) is 0.450. The van der Waals surface area contributed by atoms with Gasteiger partial charge in [-0.1, -0.05) is 0 Å². The van der Waals surface area contributed by atoms with Gasteiger partial charge in [0.05, 0.1) is 45.4 Å². The largest absolute Gasteiger partial charge is 0.496 e. The molecule has 0 atom stereocenters. The maximum absolute atomic E-state index is 5.57. The summed E-state index contributed by atoms with van der Waals surface area (Å²) in [6.45, 7) is 4.51. The Kier molecular flexibility index (Phi) is 6.39. The lowest BCUT2D eigenvalue weighted by molar-refractivity contribution is 0.340. The first-order valence-corrected chi connectivity index (χ1v) is 9.22. The zero-order valence-electron chi connectivity index (χ0n) is 17.3. The Morgan fingerprint density at radius 2 is 1.69 bits per heavy atom. The van der Waals surface area contributed by atoms with Crippen molar-refractivity contribution < 1.29 is 18.9 Å². The highest BCUT2D eigenvalue weighted by molar-refractivity contribution is 5.93. The number of aromatic nitrogens is 1. The molecule has 7 nitrogen and oxygen atoms in total. The van der Waals surface area contributed by atoms with Gasteiger partial charge in [-0.25, -0.2) is 0 Å². The molecule has 3 aromatic rings. The van der Waals surface area contributed by atoms with Gasteiger partial charge in [-0.15, -0.1) is 0 Å². The molecule has 0 saturated heterocycles. The van der Waals surface area contributed by atoms with Crippen LogP contribution >= 0.6 is 0 Å². The van der Waals surface area contributed by atoms with Gasteiger partial charge in [0.2, 0.25) is 0 Å². The summed E-state index contributed by atoms with van der Waals surface area (Å²) in [4.78, 5) is 4.59. The molecule has 0 aliphatic rings. The average molecular weight is 395 g/mol. The number of ether oxygens (including phenoxy) is 4. The van der Waals surface area contributed by atoms with Gasteiger partial charge in [0.25, 0.3) is 0 Å². The first kappa shape index (κ1) is 20.3. The lowest BCUT2D eigenvalue weighted by Gasteiger charge is -2.12. The Morgan fingerprint density at radius 3 is 2.38 bits per heavy atom. The minimum absolute atomic E-state index is 0.593. The molecule has 152 valence electrons. The SMILES string of the molecule is CCOc1ccc2c(NN=Cc3cc(OC)c(OC)cc3OC)cc(C)nc2c1. The minimum atomic E-state index is 0.593. The second-order valence-corrected chi connectivity index (χ2v) is 6.24. The third-order valence-electron chi connectivity index (χ3n) is 4.34. The maximum atomic E-state index is 5.57. The van der Waals surface area contributed by atoms with Gasteiger partial charge in [-0.05, 0) is 38.1 Å². The highest BCUT2D eigenvalue weighted by Gasteiger charge is 2.11. The van der Waals surface area contributed by atoms with E-state index >= 15 is 0 Å². The minimum Gasteiger partial charge on any atom is -0.496 e. The van der Waals surface area contributed by atoms with Gasteiger partial charge in [-0.3, -0.25) is 10.4 Å². The third-order valence-corrected chi connectivity index (χ3v) is 4.34. The summed E-state index contributed by atoms with van der Waals surface area (Å²) in [6, 6.07) is 11.4. The molecule has 0 fully saturated rings. The molecule has 7 heteroatoms. The maximum Gasteiger partial charge on any atom is 0.164 e. The molecule has 0 spiro atoms. The van der Waals surface area contributed by atoms with Crippen molar-refractivity contribution in [3.8, 4) is 23.0 Å². The highest BCUT2D eigenvalue weighted by Crippen LogP contribution is 2.34. The number of methoxy groups -OCH3 is 3. The van der Waals surface area contributed by atoms with Gasteiger partial charge < -0.3 is 18.9 Å². The first-order chi connectivity index (χ1) is 14.1. The summed E-state index contributed by atoms with van der Waals surface area (Å²) >= 11 is 0. The highest BCUT2D eigenvalue weighted by atomic mass is 16.5. The molecule has 0 aliphatic carbocycles. The van der Waals surface area contributed by atoms with Crippen LogP contribution in [0.4, 0.5) is 5.69 Å². The number of hydrogen-bond donors (Lipinski definition) is 1. The second-order valence-electron chi connectivity index (χ2n) is 6.24. The number of nitrogens with zero attached hydrogens (tertiary/aromatic N) is 2. The first-order valence-electron chi connectivity index (χ1n) is 9.22. The number of hydrogen-bond acceptors (Lipinski definition) is 7. The van der Waals surface area contributed by atoms with E-state index in [1.165, 1.54) is 0 Å². The molecule has 1 aromatic heterocycles. The lowest BCUT2D eigenvalue weighted by Crippen LogP contribution is -1.99. The molecule has 3 rings (SSSR count). The van der Waals surface area contributed by atoms with Crippen molar-refractivity contribution in [2.75, 3.05) is 33.4 Å². The van der Waals surface area contributed by atoms with Gasteiger partial charge in [0.15, 0.2) is 11.5 Å². The third kappa shape index (κ3) is 4.51. The van der Waals surface area contributed by atoms with Gasteiger partial charge >= 0.3 is 0 Å². The fourth-order valence-electron chi connectivity index (χ4n) is 3.01. The summed E-state index contributed by atoms with van der Waals surface area (Å²) < 4.78 is 21.7. The Balaban J connectivity index is 1.91. The van der Waals surface area contributed by atoms with E-state index in [0.29, 0.717) is 23.9 Å². The van der Waals surface area contributed by atoms with Crippen molar-refractivity contribution >= 4 is 22.8 Å². The van der Waals surface area contributed by atoms with Crippen molar-refractivity contribution in [3.63, 3.8) is 0 Å². The van der Waals surface area contributed by atoms with E-state index in [4.69, 9.17) is 18.9 Å². The molecule has 0 bridgehead atoms. The molecule has 29 heavy (non-hydrogen) atoms. The summed E-state index contributed by atoms with van der Waals surface area (Å²) in [5.41, 5.74) is 6.44. The normalized spacial score (nSPS) is 10.9. The van der Waals surface area contributed by atoms with E-state index in [0.717, 1.165) is 33.6 Å². The molecule has 0 saturated carbocycles. The van der Waals surface area contributed by atoms with E-state index in [-0.39, 0.29) is 0 Å².